The van der Waals surface area contributed by atoms with Crippen molar-refractivity contribution in [2.45, 2.75) is 12.5 Å². The molecule has 0 radical (unpaired) electrons. The molecule has 0 fully saturated rings. The van der Waals surface area contributed by atoms with E-state index in [2.05, 4.69) is 5.32 Å². The zero-order valence-corrected chi connectivity index (χ0v) is 7.66. The molecule has 0 unspecified atom stereocenters. The number of hydrogen-bond donors (Lipinski definition) is 3. The molecule has 4 heteroatoms. The van der Waals surface area contributed by atoms with Crippen LogP contribution < -0.4 is 11.1 Å². The van der Waals surface area contributed by atoms with Crippen LogP contribution in [0.1, 0.15) is 15.9 Å². The van der Waals surface area contributed by atoms with E-state index in [-0.39, 0.29) is 6.04 Å². The number of carboxylic acid groups (broad SMARTS) is 1. The summed E-state index contributed by atoms with van der Waals surface area (Å²) in [4.78, 5) is 10.7. The molecule has 0 spiro atoms. The lowest BCUT2D eigenvalue weighted by Crippen LogP contribution is -2.35. The van der Waals surface area contributed by atoms with Gasteiger partial charge in [-0.3, -0.25) is 0 Å². The molecule has 74 valence electrons. The number of carbonyl (C=O) groups is 1. The number of nitrogens with two attached hydrogens (primary N) is 1. The van der Waals surface area contributed by atoms with Gasteiger partial charge in [0.05, 0.1) is 5.56 Å². The van der Waals surface area contributed by atoms with E-state index in [0.29, 0.717) is 5.56 Å². The van der Waals surface area contributed by atoms with Gasteiger partial charge in [0, 0.05) is 18.3 Å². The number of nitrogens with one attached hydrogen (secondary N) is 1. The molecule has 1 aliphatic rings. The normalized spacial score (nSPS) is 19.6. The lowest BCUT2D eigenvalue weighted by Gasteiger charge is -2.23. The van der Waals surface area contributed by atoms with Crippen LogP contribution in [0.25, 0.3) is 0 Å². The molecule has 14 heavy (non-hydrogen) atoms. The van der Waals surface area contributed by atoms with Crippen LogP contribution in [0.15, 0.2) is 18.2 Å². The molecule has 0 amide bonds. The van der Waals surface area contributed by atoms with E-state index in [1.807, 2.05) is 0 Å². The lowest BCUT2D eigenvalue weighted by atomic mass is 9.98. The average molecular weight is 192 g/mol. The predicted octanol–water partition coefficient (Wildman–Crippen LogP) is 0.680. The number of fused-ring (bicyclic) bond motifs is 1. The Kier molecular flexibility index (Phi) is 2.13. The molecule has 1 atom stereocenters. The Hall–Kier alpha value is -1.55. The maximum Gasteiger partial charge on any atom is 0.335 e. The van der Waals surface area contributed by atoms with E-state index in [1.165, 1.54) is 0 Å². The first-order valence-electron chi connectivity index (χ1n) is 4.52. The summed E-state index contributed by atoms with van der Waals surface area (Å²) in [5.41, 5.74) is 8.07. The summed E-state index contributed by atoms with van der Waals surface area (Å²) in [6.07, 6.45) is 0.740. The first kappa shape index (κ1) is 9.02. The minimum absolute atomic E-state index is 0.0755. The van der Waals surface area contributed by atoms with Crippen molar-refractivity contribution in [3.8, 4) is 0 Å². The standard InChI is InChI=1S/C10H12N2O2/c11-8-4-7-3-6(10(13)14)1-2-9(7)12-5-8/h1-3,8,12H,4-5,11H2,(H,13,14)/t8-/m1/s1. The fourth-order valence-corrected chi connectivity index (χ4v) is 1.66. The average Bonchev–Trinajstić information content (AvgIpc) is 2.16. The summed E-state index contributed by atoms with van der Waals surface area (Å²) >= 11 is 0. The van der Waals surface area contributed by atoms with Crippen molar-refractivity contribution in [1.82, 2.24) is 0 Å². The summed E-state index contributed by atoms with van der Waals surface area (Å²) in [6.45, 7) is 0.749. The summed E-state index contributed by atoms with van der Waals surface area (Å²) in [6, 6.07) is 5.16. The highest BCUT2D eigenvalue weighted by molar-refractivity contribution is 5.88. The van der Waals surface area contributed by atoms with E-state index in [9.17, 15) is 4.79 Å². The van der Waals surface area contributed by atoms with Gasteiger partial charge in [0.15, 0.2) is 0 Å². The van der Waals surface area contributed by atoms with E-state index in [1.54, 1.807) is 18.2 Å². The van der Waals surface area contributed by atoms with E-state index in [0.717, 1.165) is 24.2 Å². The zero-order valence-electron chi connectivity index (χ0n) is 7.66. The fourth-order valence-electron chi connectivity index (χ4n) is 1.66. The van der Waals surface area contributed by atoms with E-state index in [4.69, 9.17) is 10.8 Å². The molecule has 1 aromatic carbocycles. The smallest absolute Gasteiger partial charge is 0.335 e. The summed E-state index contributed by atoms with van der Waals surface area (Å²) in [7, 11) is 0. The van der Waals surface area contributed by atoms with Gasteiger partial charge in [0.1, 0.15) is 0 Å². The van der Waals surface area contributed by atoms with Gasteiger partial charge in [0.2, 0.25) is 0 Å². The largest absolute Gasteiger partial charge is 0.478 e. The Morgan fingerprint density at radius 3 is 3.07 bits per heavy atom. The molecule has 0 saturated carbocycles. The number of benzene rings is 1. The highest BCUT2D eigenvalue weighted by Gasteiger charge is 2.16. The fraction of sp³-hybridized carbons (Fsp3) is 0.300. The molecular weight excluding hydrogens is 180 g/mol. The first-order chi connectivity index (χ1) is 6.66. The number of anilines is 1. The molecule has 4 N–H and O–H groups in total. The maximum atomic E-state index is 10.7. The molecule has 1 heterocycles. The first-order valence-corrected chi connectivity index (χ1v) is 4.52. The highest BCUT2D eigenvalue weighted by atomic mass is 16.4. The Morgan fingerprint density at radius 2 is 2.36 bits per heavy atom. The summed E-state index contributed by atoms with van der Waals surface area (Å²) < 4.78 is 0. The molecule has 1 aliphatic heterocycles. The second-order valence-electron chi connectivity index (χ2n) is 3.52. The van der Waals surface area contributed by atoms with Crippen LogP contribution in [0, 0.1) is 0 Å². The molecule has 0 saturated heterocycles. The van der Waals surface area contributed by atoms with Gasteiger partial charge in [-0.15, -0.1) is 0 Å². The number of carboxylic acids is 1. The second-order valence-corrected chi connectivity index (χ2v) is 3.52. The molecule has 2 rings (SSSR count). The van der Waals surface area contributed by atoms with E-state index < -0.39 is 5.97 Å². The molecule has 4 nitrogen and oxygen atoms in total. The number of aromatic carboxylic acids is 1. The minimum Gasteiger partial charge on any atom is -0.478 e. The van der Waals surface area contributed by atoms with Gasteiger partial charge in [-0.2, -0.15) is 0 Å². The molecule has 0 aromatic heterocycles. The van der Waals surface area contributed by atoms with Crippen molar-refractivity contribution in [3.05, 3.63) is 29.3 Å². The van der Waals surface area contributed by atoms with Gasteiger partial charge >= 0.3 is 5.97 Å². The van der Waals surface area contributed by atoms with Crippen LogP contribution in [0.4, 0.5) is 5.69 Å². The van der Waals surface area contributed by atoms with Crippen molar-refractivity contribution in [2.24, 2.45) is 5.73 Å². The SMILES string of the molecule is N[C@H]1CNc2ccc(C(=O)O)cc2C1. The van der Waals surface area contributed by atoms with Crippen molar-refractivity contribution >= 4 is 11.7 Å². The summed E-state index contributed by atoms with van der Waals surface area (Å²) in [5, 5.41) is 12.0. The van der Waals surface area contributed by atoms with Crippen LogP contribution in [0.5, 0.6) is 0 Å². The van der Waals surface area contributed by atoms with Crippen LogP contribution in [-0.2, 0) is 6.42 Å². The Balaban J connectivity index is 2.37. The highest BCUT2D eigenvalue weighted by Crippen LogP contribution is 2.22. The topological polar surface area (TPSA) is 75.3 Å². The molecular formula is C10H12N2O2. The van der Waals surface area contributed by atoms with Crippen LogP contribution >= 0.6 is 0 Å². The van der Waals surface area contributed by atoms with Crippen molar-refractivity contribution in [3.63, 3.8) is 0 Å². The Labute approximate surface area is 81.7 Å². The van der Waals surface area contributed by atoms with Crippen molar-refractivity contribution in [2.75, 3.05) is 11.9 Å². The van der Waals surface area contributed by atoms with E-state index >= 15 is 0 Å². The van der Waals surface area contributed by atoms with Gasteiger partial charge in [-0.05, 0) is 30.2 Å². The molecule has 1 aromatic rings. The van der Waals surface area contributed by atoms with Crippen LogP contribution in [0.2, 0.25) is 0 Å². The summed E-state index contributed by atoms with van der Waals surface area (Å²) in [5.74, 6) is -0.896. The van der Waals surface area contributed by atoms with Gasteiger partial charge < -0.3 is 16.2 Å². The third kappa shape index (κ3) is 1.56. The maximum absolute atomic E-state index is 10.7. The lowest BCUT2D eigenvalue weighted by molar-refractivity contribution is 0.0697. The molecule has 0 aliphatic carbocycles. The van der Waals surface area contributed by atoms with Crippen molar-refractivity contribution < 1.29 is 9.90 Å². The molecule has 0 bridgehead atoms. The Morgan fingerprint density at radius 1 is 1.57 bits per heavy atom. The monoisotopic (exact) mass is 192 g/mol. The number of rotatable bonds is 1. The van der Waals surface area contributed by atoms with Gasteiger partial charge in [-0.1, -0.05) is 0 Å². The van der Waals surface area contributed by atoms with Gasteiger partial charge in [-0.25, -0.2) is 4.79 Å². The van der Waals surface area contributed by atoms with Crippen LogP contribution in [-0.4, -0.2) is 23.7 Å². The minimum atomic E-state index is -0.896. The number of hydrogen-bond acceptors (Lipinski definition) is 3. The zero-order chi connectivity index (χ0) is 10.1. The Bertz CT molecular complexity index is 376. The third-order valence-corrected chi connectivity index (χ3v) is 2.39. The van der Waals surface area contributed by atoms with Gasteiger partial charge in [0.25, 0.3) is 0 Å². The van der Waals surface area contributed by atoms with Crippen molar-refractivity contribution in [1.29, 1.82) is 0 Å². The quantitative estimate of drug-likeness (QED) is 0.611. The third-order valence-electron chi connectivity index (χ3n) is 2.39. The van der Waals surface area contributed by atoms with Crippen LogP contribution in [0.3, 0.4) is 0 Å². The second kappa shape index (κ2) is 3.31. The predicted molar refractivity (Wildman–Crippen MR) is 53.6 cm³/mol.